The van der Waals surface area contributed by atoms with Crippen LogP contribution in [0.25, 0.3) is 0 Å². The van der Waals surface area contributed by atoms with Gasteiger partial charge in [-0.25, -0.2) is 0 Å². The van der Waals surface area contributed by atoms with Crippen LogP contribution >= 0.6 is 0 Å². The number of benzene rings is 1. The fraction of sp³-hybridized carbons (Fsp3) is 0.600. The van der Waals surface area contributed by atoms with Gasteiger partial charge in [0.1, 0.15) is 0 Å². The lowest BCUT2D eigenvalue weighted by atomic mass is 10.0. The Hall–Kier alpha value is -1.11. The van der Waals surface area contributed by atoms with E-state index in [1.165, 1.54) is 4.31 Å². The SMILES string of the molecule is CC1CCN(S(=O)(=O)N2CC(N)Cc3ccccc32)CC1. The number of piperidine rings is 1. The van der Waals surface area contributed by atoms with Crippen molar-refractivity contribution in [1.82, 2.24) is 4.31 Å². The van der Waals surface area contributed by atoms with Crippen LogP contribution < -0.4 is 10.0 Å². The molecule has 0 amide bonds. The number of fused-ring (bicyclic) bond motifs is 1. The Bertz CT molecular complexity index is 609. The highest BCUT2D eigenvalue weighted by atomic mass is 32.2. The minimum absolute atomic E-state index is 0.140. The number of hydrogen-bond acceptors (Lipinski definition) is 3. The van der Waals surface area contributed by atoms with Crippen LogP contribution in [-0.2, 0) is 16.6 Å². The molecular weight excluding hydrogens is 286 g/mol. The Balaban J connectivity index is 1.92. The summed E-state index contributed by atoms with van der Waals surface area (Å²) in [6.07, 6.45) is 2.60. The molecule has 0 spiro atoms. The zero-order valence-electron chi connectivity index (χ0n) is 12.4. The van der Waals surface area contributed by atoms with Crippen molar-refractivity contribution in [3.63, 3.8) is 0 Å². The van der Waals surface area contributed by atoms with Crippen LogP contribution in [0.15, 0.2) is 24.3 Å². The molecule has 0 saturated carbocycles. The lowest BCUT2D eigenvalue weighted by molar-refractivity contribution is 0.286. The molecule has 1 aromatic rings. The molecule has 1 unspecified atom stereocenters. The summed E-state index contributed by atoms with van der Waals surface area (Å²) in [6.45, 7) is 3.76. The minimum atomic E-state index is -3.47. The van der Waals surface area contributed by atoms with Gasteiger partial charge in [0.15, 0.2) is 0 Å². The first kappa shape index (κ1) is 14.8. The number of para-hydroxylation sites is 1. The maximum Gasteiger partial charge on any atom is 0.304 e. The molecule has 2 aliphatic rings. The van der Waals surface area contributed by atoms with E-state index in [1.54, 1.807) is 4.31 Å². The quantitative estimate of drug-likeness (QED) is 0.897. The number of nitrogens with zero attached hydrogens (tertiary/aromatic N) is 2. The molecule has 0 aliphatic carbocycles. The Morgan fingerprint density at radius 3 is 2.57 bits per heavy atom. The molecule has 2 aliphatic heterocycles. The van der Waals surface area contributed by atoms with E-state index in [1.807, 2.05) is 24.3 Å². The fourth-order valence-electron chi connectivity index (χ4n) is 3.16. The van der Waals surface area contributed by atoms with E-state index in [4.69, 9.17) is 5.73 Å². The standard InChI is InChI=1S/C15H23N3O2S/c1-12-6-8-17(9-7-12)21(19,20)18-11-14(16)10-13-4-2-3-5-15(13)18/h2-5,12,14H,6-11,16H2,1H3. The van der Waals surface area contributed by atoms with E-state index in [0.717, 1.165) is 30.5 Å². The minimum Gasteiger partial charge on any atom is -0.326 e. The van der Waals surface area contributed by atoms with Gasteiger partial charge in [0, 0.05) is 19.1 Å². The summed E-state index contributed by atoms with van der Waals surface area (Å²) < 4.78 is 29.0. The summed E-state index contributed by atoms with van der Waals surface area (Å²) in [4.78, 5) is 0. The third-order valence-corrected chi connectivity index (χ3v) is 6.41. The van der Waals surface area contributed by atoms with Crippen LogP contribution in [0, 0.1) is 5.92 Å². The number of rotatable bonds is 2. The van der Waals surface area contributed by atoms with Crippen molar-refractivity contribution < 1.29 is 8.42 Å². The Morgan fingerprint density at radius 1 is 1.19 bits per heavy atom. The summed E-state index contributed by atoms with van der Waals surface area (Å²) in [5, 5.41) is 0. The molecule has 3 rings (SSSR count). The van der Waals surface area contributed by atoms with Gasteiger partial charge in [0.25, 0.3) is 0 Å². The molecule has 116 valence electrons. The molecule has 1 atom stereocenters. The second-order valence-electron chi connectivity index (χ2n) is 6.21. The van der Waals surface area contributed by atoms with Crippen LogP contribution in [0.2, 0.25) is 0 Å². The van der Waals surface area contributed by atoms with Gasteiger partial charge in [-0.05, 0) is 36.8 Å². The average Bonchev–Trinajstić information content (AvgIpc) is 2.46. The van der Waals surface area contributed by atoms with E-state index in [2.05, 4.69) is 6.92 Å². The predicted octanol–water partition coefficient (Wildman–Crippen LogP) is 1.35. The maximum atomic E-state index is 13.0. The molecule has 21 heavy (non-hydrogen) atoms. The summed E-state index contributed by atoms with van der Waals surface area (Å²) >= 11 is 0. The average molecular weight is 309 g/mol. The molecule has 0 radical (unpaired) electrons. The van der Waals surface area contributed by atoms with Gasteiger partial charge in [-0.15, -0.1) is 0 Å². The number of nitrogens with two attached hydrogens (primary N) is 1. The highest BCUT2D eigenvalue weighted by Gasteiger charge is 2.36. The molecule has 0 bridgehead atoms. The van der Waals surface area contributed by atoms with Crippen LogP contribution in [0.1, 0.15) is 25.3 Å². The molecule has 0 aromatic heterocycles. The van der Waals surface area contributed by atoms with E-state index >= 15 is 0 Å². The van der Waals surface area contributed by atoms with Gasteiger partial charge in [0.05, 0.1) is 12.2 Å². The third kappa shape index (κ3) is 2.80. The van der Waals surface area contributed by atoms with Crippen LogP contribution in [0.5, 0.6) is 0 Å². The molecular formula is C15H23N3O2S. The van der Waals surface area contributed by atoms with Crippen molar-refractivity contribution in [2.75, 3.05) is 23.9 Å². The van der Waals surface area contributed by atoms with E-state index in [9.17, 15) is 8.42 Å². The largest absolute Gasteiger partial charge is 0.326 e. The second kappa shape index (κ2) is 5.59. The lowest BCUT2D eigenvalue weighted by Gasteiger charge is -2.39. The van der Waals surface area contributed by atoms with Gasteiger partial charge in [-0.3, -0.25) is 4.31 Å². The van der Waals surface area contributed by atoms with Crippen LogP contribution in [-0.4, -0.2) is 38.4 Å². The van der Waals surface area contributed by atoms with E-state index < -0.39 is 10.2 Å². The Labute approximate surface area is 126 Å². The van der Waals surface area contributed by atoms with Crippen molar-refractivity contribution >= 4 is 15.9 Å². The predicted molar refractivity (Wildman–Crippen MR) is 84.4 cm³/mol. The molecule has 6 heteroatoms. The summed E-state index contributed by atoms with van der Waals surface area (Å²) in [5.74, 6) is 0.604. The normalized spacial score (nSPS) is 24.9. The second-order valence-corrected chi connectivity index (χ2v) is 8.07. The molecule has 1 aromatic carbocycles. The monoisotopic (exact) mass is 309 g/mol. The highest BCUT2D eigenvalue weighted by Crippen LogP contribution is 2.31. The fourth-order valence-corrected chi connectivity index (χ4v) is 4.92. The Kier molecular flexibility index (Phi) is 3.94. The van der Waals surface area contributed by atoms with Gasteiger partial charge >= 0.3 is 10.2 Å². The molecule has 5 nitrogen and oxygen atoms in total. The highest BCUT2D eigenvalue weighted by molar-refractivity contribution is 7.90. The first-order valence-electron chi connectivity index (χ1n) is 7.60. The maximum absolute atomic E-state index is 13.0. The van der Waals surface area contributed by atoms with Crippen molar-refractivity contribution in [3.05, 3.63) is 29.8 Å². The number of hydrogen-bond donors (Lipinski definition) is 1. The van der Waals surface area contributed by atoms with Crippen molar-refractivity contribution in [3.8, 4) is 0 Å². The molecule has 1 fully saturated rings. The smallest absolute Gasteiger partial charge is 0.304 e. The zero-order chi connectivity index (χ0) is 15.0. The summed E-state index contributed by atoms with van der Waals surface area (Å²) in [6, 6.07) is 7.53. The third-order valence-electron chi connectivity index (χ3n) is 4.49. The summed E-state index contributed by atoms with van der Waals surface area (Å²) in [7, 11) is -3.47. The van der Waals surface area contributed by atoms with Gasteiger partial charge in [-0.2, -0.15) is 12.7 Å². The van der Waals surface area contributed by atoms with Crippen molar-refractivity contribution in [1.29, 1.82) is 0 Å². The molecule has 2 N–H and O–H groups in total. The van der Waals surface area contributed by atoms with Gasteiger partial charge in [0.2, 0.25) is 0 Å². The topological polar surface area (TPSA) is 66.6 Å². The lowest BCUT2D eigenvalue weighted by Crippen LogP contribution is -2.53. The van der Waals surface area contributed by atoms with E-state index in [-0.39, 0.29) is 6.04 Å². The Morgan fingerprint density at radius 2 is 1.86 bits per heavy atom. The molecule has 1 saturated heterocycles. The number of anilines is 1. The van der Waals surface area contributed by atoms with Crippen molar-refractivity contribution in [2.45, 2.75) is 32.2 Å². The van der Waals surface area contributed by atoms with Crippen LogP contribution in [0.4, 0.5) is 5.69 Å². The first-order chi connectivity index (χ1) is 9.98. The van der Waals surface area contributed by atoms with Crippen LogP contribution in [0.3, 0.4) is 0 Å². The van der Waals surface area contributed by atoms with E-state index in [0.29, 0.717) is 25.6 Å². The molecule has 2 heterocycles. The van der Waals surface area contributed by atoms with Gasteiger partial charge in [-0.1, -0.05) is 25.1 Å². The summed E-state index contributed by atoms with van der Waals surface area (Å²) in [5.41, 5.74) is 7.87. The zero-order valence-corrected chi connectivity index (χ0v) is 13.2. The first-order valence-corrected chi connectivity index (χ1v) is 8.99. The van der Waals surface area contributed by atoms with Crippen molar-refractivity contribution in [2.24, 2.45) is 11.7 Å². The van der Waals surface area contributed by atoms with Gasteiger partial charge < -0.3 is 5.73 Å².